The van der Waals surface area contributed by atoms with Crippen molar-refractivity contribution in [2.75, 3.05) is 20.2 Å². The number of benzene rings is 1. The Morgan fingerprint density at radius 2 is 1.95 bits per heavy atom. The topological polar surface area (TPSA) is 122 Å². The summed E-state index contributed by atoms with van der Waals surface area (Å²) < 4.78 is 5.13. The molecule has 8 nitrogen and oxygen atoms in total. The summed E-state index contributed by atoms with van der Waals surface area (Å²) >= 11 is 0. The molecule has 1 rings (SSSR count). The number of hydrogen-bond acceptors (Lipinski definition) is 4. The number of carbonyl (C=O) groups excluding carboxylic acids is 2. The summed E-state index contributed by atoms with van der Waals surface area (Å²) in [6, 6.07) is 6.37. The Hall–Kier alpha value is -2.77. The van der Waals surface area contributed by atoms with Gasteiger partial charge in [0.25, 0.3) is 0 Å². The monoisotopic (exact) mass is 295 g/mol. The van der Waals surface area contributed by atoms with E-state index in [1.165, 1.54) is 7.11 Å². The number of amides is 3. The van der Waals surface area contributed by atoms with Gasteiger partial charge in [-0.1, -0.05) is 18.2 Å². The second-order valence-electron chi connectivity index (χ2n) is 4.19. The normalized spacial score (nSPS) is 9.76. The van der Waals surface area contributed by atoms with Crippen molar-refractivity contribution >= 4 is 17.9 Å². The van der Waals surface area contributed by atoms with E-state index in [4.69, 9.17) is 15.6 Å². The molecule has 0 aliphatic rings. The number of nitrogens with one attached hydrogen (secondary N) is 1. The summed E-state index contributed by atoms with van der Waals surface area (Å²) in [7, 11) is 1.50. The van der Waals surface area contributed by atoms with Crippen LogP contribution in [0.15, 0.2) is 24.3 Å². The van der Waals surface area contributed by atoms with E-state index in [0.717, 1.165) is 10.5 Å². The van der Waals surface area contributed by atoms with Crippen LogP contribution < -0.4 is 15.8 Å². The van der Waals surface area contributed by atoms with Crippen LogP contribution in [-0.4, -0.2) is 48.1 Å². The first-order chi connectivity index (χ1) is 9.93. The highest BCUT2D eigenvalue weighted by atomic mass is 16.5. The quantitative estimate of drug-likeness (QED) is 0.641. The molecule has 0 heterocycles. The van der Waals surface area contributed by atoms with Crippen LogP contribution in [0.25, 0.3) is 0 Å². The molecule has 114 valence electrons. The van der Waals surface area contributed by atoms with Gasteiger partial charge in [0.2, 0.25) is 5.91 Å². The number of ether oxygens (including phenoxy) is 1. The summed E-state index contributed by atoms with van der Waals surface area (Å²) in [5, 5.41) is 11.2. The van der Waals surface area contributed by atoms with Gasteiger partial charge in [0.1, 0.15) is 18.8 Å². The van der Waals surface area contributed by atoms with Crippen LogP contribution in [0.2, 0.25) is 0 Å². The third kappa shape index (κ3) is 5.39. The van der Waals surface area contributed by atoms with Crippen LogP contribution in [0.1, 0.15) is 5.56 Å². The molecule has 0 fully saturated rings. The Kier molecular flexibility index (Phi) is 5.99. The van der Waals surface area contributed by atoms with Gasteiger partial charge in [0.05, 0.1) is 7.11 Å². The zero-order valence-corrected chi connectivity index (χ0v) is 11.5. The van der Waals surface area contributed by atoms with Crippen LogP contribution in [0.3, 0.4) is 0 Å². The molecule has 0 saturated heterocycles. The summed E-state index contributed by atoms with van der Waals surface area (Å²) in [4.78, 5) is 34.2. The summed E-state index contributed by atoms with van der Waals surface area (Å²) in [5.74, 6) is -1.43. The van der Waals surface area contributed by atoms with Crippen molar-refractivity contribution < 1.29 is 24.2 Å². The standard InChI is InChI=1S/C13H17N3O5/c1-21-10-5-3-2-4-9(10)6-15-13(20)16(7-11(14)17)8-12(18)19/h2-5H,6-8H2,1H3,(H2,14,17)(H,15,20)(H,18,19). The summed E-state index contributed by atoms with van der Waals surface area (Å²) in [6.45, 7) is -0.942. The fraction of sp³-hybridized carbons (Fsp3) is 0.308. The number of nitrogens with zero attached hydrogens (tertiary/aromatic N) is 1. The number of primary amides is 1. The molecule has 0 aliphatic carbocycles. The lowest BCUT2D eigenvalue weighted by molar-refractivity contribution is -0.137. The SMILES string of the molecule is COc1ccccc1CNC(=O)N(CC(N)=O)CC(=O)O. The van der Waals surface area contributed by atoms with Gasteiger partial charge in [0, 0.05) is 12.1 Å². The van der Waals surface area contributed by atoms with Gasteiger partial charge in [-0.25, -0.2) is 4.79 Å². The van der Waals surface area contributed by atoms with E-state index in [2.05, 4.69) is 5.32 Å². The fourth-order valence-electron chi connectivity index (χ4n) is 1.68. The van der Waals surface area contributed by atoms with Crippen LogP contribution in [0.4, 0.5) is 4.79 Å². The predicted octanol–water partition coefficient (Wildman–Crippen LogP) is -0.223. The first-order valence-corrected chi connectivity index (χ1v) is 6.08. The molecule has 4 N–H and O–H groups in total. The largest absolute Gasteiger partial charge is 0.496 e. The van der Waals surface area contributed by atoms with E-state index in [9.17, 15) is 14.4 Å². The lowest BCUT2D eigenvalue weighted by atomic mass is 10.2. The molecule has 0 aliphatic heterocycles. The molecule has 0 unspecified atom stereocenters. The van der Waals surface area contributed by atoms with Crippen LogP contribution in [-0.2, 0) is 16.1 Å². The van der Waals surface area contributed by atoms with Crippen molar-refractivity contribution in [3.63, 3.8) is 0 Å². The molecule has 0 atom stereocenters. The number of hydrogen-bond donors (Lipinski definition) is 3. The molecule has 1 aromatic rings. The molecular formula is C13H17N3O5. The van der Waals surface area contributed by atoms with Crippen molar-refractivity contribution in [3.05, 3.63) is 29.8 Å². The number of nitrogens with two attached hydrogens (primary N) is 1. The lowest BCUT2D eigenvalue weighted by Crippen LogP contribution is -2.46. The zero-order valence-electron chi connectivity index (χ0n) is 11.5. The summed E-state index contributed by atoms with van der Waals surface area (Å²) in [6.07, 6.45) is 0. The Morgan fingerprint density at radius 1 is 1.29 bits per heavy atom. The molecule has 0 spiro atoms. The third-order valence-electron chi connectivity index (χ3n) is 2.58. The van der Waals surface area contributed by atoms with Crippen molar-refractivity contribution in [3.8, 4) is 5.75 Å². The molecule has 8 heteroatoms. The van der Waals surface area contributed by atoms with Crippen LogP contribution >= 0.6 is 0 Å². The number of rotatable bonds is 7. The maximum absolute atomic E-state index is 11.9. The molecule has 0 bridgehead atoms. The summed E-state index contributed by atoms with van der Waals surface area (Å²) in [5.41, 5.74) is 5.71. The van der Waals surface area contributed by atoms with E-state index in [0.29, 0.717) is 5.75 Å². The molecular weight excluding hydrogens is 278 g/mol. The minimum Gasteiger partial charge on any atom is -0.496 e. The van der Waals surface area contributed by atoms with Crippen molar-refractivity contribution in [1.29, 1.82) is 0 Å². The van der Waals surface area contributed by atoms with E-state index < -0.39 is 31.0 Å². The van der Waals surface area contributed by atoms with Crippen LogP contribution in [0.5, 0.6) is 5.75 Å². The zero-order chi connectivity index (χ0) is 15.8. The number of carbonyl (C=O) groups is 3. The Morgan fingerprint density at radius 3 is 2.52 bits per heavy atom. The highest BCUT2D eigenvalue weighted by Gasteiger charge is 2.18. The number of aliphatic carboxylic acids is 1. The molecule has 0 saturated carbocycles. The molecule has 0 radical (unpaired) electrons. The van der Waals surface area contributed by atoms with E-state index in [1.54, 1.807) is 24.3 Å². The van der Waals surface area contributed by atoms with Gasteiger partial charge < -0.3 is 25.8 Å². The van der Waals surface area contributed by atoms with Gasteiger partial charge in [-0.2, -0.15) is 0 Å². The average Bonchev–Trinajstić information content (AvgIpc) is 2.43. The first-order valence-electron chi connectivity index (χ1n) is 6.08. The fourth-order valence-corrected chi connectivity index (χ4v) is 1.68. The van der Waals surface area contributed by atoms with E-state index in [-0.39, 0.29) is 6.54 Å². The van der Waals surface area contributed by atoms with Gasteiger partial charge in [-0.05, 0) is 6.07 Å². The number of urea groups is 1. The minimum atomic E-state index is -1.23. The molecule has 3 amide bonds. The maximum Gasteiger partial charge on any atom is 0.323 e. The minimum absolute atomic E-state index is 0.137. The van der Waals surface area contributed by atoms with Gasteiger partial charge in [-0.3, -0.25) is 9.59 Å². The second kappa shape index (κ2) is 7.73. The van der Waals surface area contributed by atoms with Crippen molar-refractivity contribution in [2.24, 2.45) is 5.73 Å². The maximum atomic E-state index is 11.9. The average molecular weight is 295 g/mol. The van der Waals surface area contributed by atoms with Gasteiger partial charge >= 0.3 is 12.0 Å². The number of methoxy groups -OCH3 is 1. The van der Waals surface area contributed by atoms with Crippen molar-refractivity contribution in [1.82, 2.24) is 10.2 Å². The smallest absolute Gasteiger partial charge is 0.323 e. The second-order valence-corrected chi connectivity index (χ2v) is 4.19. The van der Waals surface area contributed by atoms with Crippen molar-refractivity contribution in [2.45, 2.75) is 6.54 Å². The predicted molar refractivity (Wildman–Crippen MR) is 73.6 cm³/mol. The third-order valence-corrected chi connectivity index (χ3v) is 2.58. The Bertz CT molecular complexity index is 516. The highest BCUT2D eigenvalue weighted by Crippen LogP contribution is 2.16. The Balaban J connectivity index is 2.68. The number of carboxylic acid groups (broad SMARTS) is 1. The first kappa shape index (κ1) is 16.3. The van der Waals surface area contributed by atoms with E-state index >= 15 is 0 Å². The lowest BCUT2D eigenvalue weighted by Gasteiger charge is -2.20. The number of carboxylic acids is 1. The number of para-hydroxylation sites is 1. The van der Waals surface area contributed by atoms with Gasteiger partial charge in [0.15, 0.2) is 0 Å². The molecule has 21 heavy (non-hydrogen) atoms. The van der Waals surface area contributed by atoms with E-state index in [1.807, 2.05) is 0 Å². The Labute approximate surface area is 121 Å². The highest BCUT2D eigenvalue weighted by molar-refractivity contribution is 5.85. The molecule has 0 aromatic heterocycles. The molecule has 1 aromatic carbocycles. The van der Waals surface area contributed by atoms with Gasteiger partial charge in [-0.15, -0.1) is 0 Å². The van der Waals surface area contributed by atoms with Crippen LogP contribution in [0, 0.1) is 0 Å².